The van der Waals surface area contributed by atoms with Gasteiger partial charge in [-0.2, -0.15) is 0 Å². The Bertz CT molecular complexity index is 415. The van der Waals surface area contributed by atoms with E-state index < -0.39 is 0 Å². The Kier molecular flexibility index (Phi) is 3.93. The molecule has 1 aromatic rings. The monoisotopic (exact) mass is 249 g/mol. The fourth-order valence-corrected chi connectivity index (χ4v) is 2.52. The number of rotatable bonds is 3. The number of phenolic OH excluding ortho intramolecular Hbond substituents is 1. The fraction of sp³-hybridized carbons (Fsp3) is 0.600. The average molecular weight is 249 g/mol. The number of benzene rings is 1. The number of nitrogens with one attached hydrogen (secondary N) is 1. The Balaban J connectivity index is 1.93. The number of ether oxygens (including phenoxy) is 1. The summed E-state index contributed by atoms with van der Waals surface area (Å²) >= 11 is 0. The van der Waals surface area contributed by atoms with Gasteiger partial charge in [-0.3, -0.25) is 0 Å². The average Bonchev–Trinajstić information content (AvgIpc) is 2.29. The molecule has 1 aliphatic rings. The van der Waals surface area contributed by atoms with Gasteiger partial charge in [-0.25, -0.2) is 0 Å². The van der Waals surface area contributed by atoms with Crippen LogP contribution in [-0.2, 0) is 11.3 Å². The zero-order valence-electron chi connectivity index (χ0n) is 11.5. The molecule has 0 saturated carbocycles. The smallest absolute Gasteiger partial charge is 0.120 e. The molecule has 1 atom stereocenters. The highest BCUT2D eigenvalue weighted by atomic mass is 16.5. The number of aryl methyl sites for hydroxylation is 1. The molecule has 1 unspecified atom stereocenters. The molecule has 18 heavy (non-hydrogen) atoms. The van der Waals surface area contributed by atoms with Gasteiger partial charge in [-0.1, -0.05) is 17.7 Å². The third-order valence-corrected chi connectivity index (χ3v) is 3.51. The summed E-state index contributed by atoms with van der Waals surface area (Å²) in [6.07, 6.45) is 2.05. The standard InChI is InChI=1S/C15H23NO2/c1-11-4-5-14(17)12(8-11)10-16-13-6-7-18-15(2,3)9-13/h4-5,8,13,16-17H,6-7,9-10H2,1-3H3. The van der Waals surface area contributed by atoms with Crippen molar-refractivity contribution in [3.8, 4) is 5.75 Å². The van der Waals surface area contributed by atoms with Gasteiger partial charge in [0.2, 0.25) is 0 Å². The summed E-state index contributed by atoms with van der Waals surface area (Å²) < 4.78 is 5.70. The zero-order chi connectivity index (χ0) is 13.2. The topological polar surface area (TPSA) is 41.5 Å². The third-order valence-electron chi connectivity index (χ3n) is 3.51. The largest absolute Gasteiger partial charge is 0.508 e. The van der Waals surface area contributed by atoms with E-state index in [0.29, 0.717) is 18.3 Å². The summed E-state index contributed by atoms with van der Waals surface area (Å²) in [4.78, 5) is 0. The van der Waals surface area contributed by atoms with Gasteiger partial charge in [0.15, 0.2) is 0 Å². The summed E-state index contributed by atoms with van der Waals surface area (Å²) in [6.45, 7) is 7.83. The predicted molar refractivity (Wildman–Crippen MR) is 72.7 cm³/mol. The first kappa shape index (κ1) is 13.4. The quantitative estimate of drug-likeness (QED) is 0.865. The van der Waals surface area contributed by atoms with Crippen LogP contribution in [0.2, 0.25) is 0 Å². The lowest BCUT2D eigenvalue weighted by molar-refractivity contribution is -0.0630. The van der Waals surface area contributed by atoms with E-state index in [1.54, 1.807) is 6.07 Å². The number of hydrogen-bond acceptors (Lipinski definition) is 3. The van der Waals surface area contributed by atoms with Crippen LogP contribution in [0.25, 0.3) is 0 Å². The van der Waals surface area contributed by atoms with Gasteiger partial charge in [-0.15, -0.1) is 0 Å². The Hall–Kier alpha value is -1.06. The van der Waals surface area contributed by atoms with Crippen molar-refractivity contribution in [1.29, 1.82) is 0 Å². The summed E-state index contributed by atoms with van der Waals surface area (Å²) in [5, 5.41) is 13.3. The van der Waals surface area contributed by atoms with Gasteiger partial charge in [-0.05, 0) is 39.7 Å². The molecule has 1 saturated heterocycles. The first-order valence-corrected chi connectivity index (χ1v) is 6.62. The Labute approximate surface area is 109 Å². The van der Waals surface area contributed by atoms with Crippen molar-refractivity contribution in [2.24, 2.45) is 0 Å². The van der Waals surface area contributed by atoms with Crippen LogP contribution in [0.15, 0.2) is 18.2 Å². The molecule has 100 valence electrons. The minimum Gasteiger partial charge on any atom is -0.508 e. The van der Waals surface area contributed by atoms with E-state index in [2.05, 4.69) is 19.2 Å². The van der Waals surface area contributed by atoms with Crippen molar-refractivity contribution in [1.82, 2.24) is 5.32 Å². The SMILES string of the molecule is Cc1ccc(O)c(CNC2CCOC(C)(C)C2)c1. The van der Waals surface area contributed by atoms with Crippen LogP contribution in [0.4, 0.5) is 0 Å². The highest BCUT2D eigenvalue weighted by Crippen LogP contribution is 2.25. The highest BCUT2D eigenvalue weighted by Gasteiger charge is 2.28. The summed E-state index contributed by atoms with van der Waals surface area (Å²) in [6, 6.07) is 6.19. The van der Waals surface area contributed by atoms with Crippen LogP contribution in [0.3, 0.4) is 0 Å². The molecule has 1 aromatic carbocycles. The molecular weight excluding hydrogens is 226 g/mol. The molecule has 1 aliphatic heterocycles. The van der Waals surface area contributed by atoms with Gasteiger partial charge < -0.3 is 15.2 Å². The second kappa shape index (κ2) is 5.29. The van der Waals surface area contributed by atoms with E-state index in [1.807, 2.05) is 19.1 Å². The number of hydrogen-bond donors (Lipinski definition) is 2. The molecule has 0 aliphatic carbocycles. The molecule has 2 N–H and O–H groups in total. The van der Waals surface area contributed by atoms with Crippen molar-refractivity contribution < 1.29 is 9.84 Å². The molecule has 0 radical (unpaired) electrons. The second-order valence-corrected chi connectivity index (χ2v) is 5.81. The molecule has 1 heterocycles. The summed E-state index contributed by atoms with van der Waals surface area (Å²) in [5.74, 6) is 0.374. The molecule has 3 heteroatoms. The van der Waals surface area contributed by atoms with E-state index in [9.17, 15) is 5.11 Å². The maximum Gasteiger partial charge on any atom is 0.120 e. The van der Waals surface area contributed by atoms with E-state index in [4.69, 9.17) is 4.74 Å². The normalized spacial score (nSPS) is 22.9. The molecule has 1 fully saturated rings. The van der Waals surface area contributed by atoms with Crippen molar-refractivity contribution in [3.63, 3.8) is 0 Å². The lowest BCUT2D eigenvalue weighted by Gasteiger charge is -2.36. The first-order chi connectivity index (χ1) is 8.46. The lowest BCUT2D eigenvalue weighted by atomic mass is 9.94. The fourth-order valence-electron chi connectivity index (χ4n) is 2.52. The maximum absolute atomic E-state index is 9.80. The van der Waals surface area contributed by atoms with E-state index in [0.717, 1.165) is 25.0 Å². The summed E-state index contributed by atoms with van der Waals surface area (Å²) in [7, 11) is 0. The molecule has 0 amide bonds. The van der Waals surface area contributed by atoms with Crippen molar-refractivity contribution >= 4 is 0 Å². The predicted octanol–water partition coefficient (Wildman–Crippen LogP) is 2.75. The van der Waals surface area contributed by atoms with Crippen LogP contribution >= 0.6 is 0 Å². The molecular formula is C15H23NO2. The van der Waals surface area contributed by atoms with Gasteiger partial charge in [0, 0.05) is 24.8 Å². The van der Waals surface area contributed by atoms with E-state index >= 15 is 0 Å². The Morgan fingerprint density at radius 2 is 2.22 bits per heavy atom. The van der Waals surface area contributed by atoms with Crippen LogP contribution in [-0.4, -0.2) is 23.4 Å². The highest BCUT2D eigenvalue weighted by molar-refractivity contribution is 5.35. The maximum atomic E-state index is 9.80. The Morgan fingerprint density at radius 3 is 2.94 bits per heavy atom. The number of phenols is 1. The van der Waals surface area contributed by atoms with Crippen molar-refractivity contribution in [3.05, 3.63) is 29.3 Å². The van der Waals surface area contributed by atoms with E-state index in [-0.39, 0.29) is 5.60 Å². The van der Waals surface area contributed by atoms with Crippen molar-refractivity contribution in [2.75, 3.05) is 6.61 Å². The molecule has 0 bridgehead atoms. The summed E-state index contributed by atoms with van der Waals surface area (Å²) in [5.41, 5.74) is 2.11. The first-order valence-electron chi connectivity index (χ1n) is 6.62. The van der Waals surface area contributed by atoms with E-state index in [1.165, 1.54) is 5.56 Å². The van der Waals surface area contributed by atoms with Crippen LogP contribution in [0.1, 0.15) is 37.8 Å². The van der Waals surface area contributed by atoms with Crippen LogP contribution < -0.4 is 5.32 Å². The lowest BCUT2D eigenvalue weighted by Crippen LogP contribution is -2.43. The minimum absolute atomic E-state index is 0.0371. The van der Waals surface area contributed by atoms with Crippen LogP contribution in [0, 0.1) is 6.92 Å². The minimum atomic E-state index is -0.0371. The molecule has 0 spiro atoms. The molecule has 0 aromatic heterocycles. The molecule has 3 nitrogen and oxygen atoms in total. The van der Waals surface area contributed by atoms with Gasteiger partial charge >= 0.3 is 0 Å². The third kappa shape index (κ3) is 3.47. The number of aromatic hydroxyl groups is 1. The zero-order valence-corrected chi connectivity index (χ0v) is 11.5. The van der Waals surface area contributed by atoms with Crippen LogP contribution in [0.5, 0.6) is 5.75 Å². The molecule has 2 rings (SSSR count). The Morgan fingerprint density at radius 1 is 1.44 bits per heavy atom. The van der Waals surface area contributed by atoms with Gasteiger partial charge in [0.1, 0.15) is 5.75 Å². The van der Waals surface area contributed by atoms with Gasteiger partial charge in [0.05, 0.1) is 5.60 Å². The van der Waals surface area contributed by atoms with Crippen molar-refractivity contribution in [2.45, 2.75) is 51.8 Å². The van der Waals surface area contributed by atoms with Gasteiger partial charge in [0.25, 0.3) is 0 Å². The second-order valence-electron chi connectivity index (χ2n) is 5.81.